The van der Waals surface area contributed by atoms with Crippen molar-refractivity contribution < 1.29 is 14.3 Å². The number of amides is 2. The highest BCUT2D eigenvalue weighted by atomic mass is 16.6. The number of carbonyl (C=O) groups is 2. The van der Waals surface area contributed by atoms with Crippen molar-refractivity contribution in [2.75, 3.05) is 19.6 Å². The smallest absolute Gasteiger partial charge is 0.408 e. The van der Waals surface area contributed by atoms with Gasteiger partial charge in [-0.2, -0.15) is 0 Å². The molecule has 25 heavy (non-hydrogen) atoms. The van der Waals surface area contributed by atoms with Crippen LogP contribution in [0, 0.1) is 29.6 Å². The first-order chi connectivity index (χ1) is 11.6. The summed E-state index contributed by atoms with van der Waals surface area (Å²) in [5, 5.41) is 6.08. The van der Waals surface area contributed by atoms with Gasteiger partial charge in [-0.05, 0) is 50.4 Å². The van der Waals surface area contributed by atoms with Crippen molar-refractivity contribution in [3.8, 4) is 0 Å². The van der Waals surface area contributed by atoms with Crippen molar-refractivity contribution >= 4 is 12.0 Å². The van der Waals surface area contributed by atoms with E-state index in [9.17, 15) is 9.59 Å². The van der Waals surface area contributed by atoms with Crippen molar-refractivity contribution in [1.29, 1.82) is 0 Å². The molecule has 0 aromatic rings. The average molecular weight is 351 g/mol. The van der Waals surface area contributed by atoms with Gasteiger partial charge in [-0.25, -0.2) is 4.79 Å². The molecule has 6 atom stereocenters. The lowest BCUT2D eigenvalue weighted by Crippen LogP contribution is -2.58. The molecule has 6 heteroatoms. The summed E-state index contributed by atoms with van der Waals surface area (Å²) < 4.78 is 5.14. The van der Waals surface area contributed by atoms with Gasteiger partial charge in [0.15, 0.2) is 0 Å². The Bertz CT molecular complexity index is 518. The maximum atomic E-state index is 12.2. The van der Waals surface area contributed by atoms with Gasteiger partial charge in [0.1, 0.15) is 12.1 Å². The van der Waals surface area contributed by atoms with Gasteiger partial charge >= 0.3 is 6.09 Å². The first-order valence-corrected chi connectivity index (χ1v) is 9.59. The van der Waals surface area contributed by atoms with Crippen LogP contribution in [0.2, 0.25) is 0 Å². The van der Waals surface area contributed by atoms with Crippen molar-refractivity contribution in [2.45, 2.75) is 59.2 Å². The molecule has 0 bridgehead atoms. The van der Waals surface area contributed by atoms with Crippen LogP contribution in [0.1, 0.15) is 41.5 Å². The first-order valence-electron chi connectivity index (χ1n) is 9.59. The zero-order valence-electron chi connectivity index (χ0n) is 16.3. The van der Waals surface area contributed by atoms with E-state index in [0.717, 1.165) is 42.9 Å². The van der Waals surface area contributed by atoms with Crippen LogP contribution >= 0.6 is 0 Å². The Morgan fingerprint density at radius 2 is 1.60 bits per heavy atom. The molecule has 0 aromatic heterocycles. The van der Waals surface area contributed by atoms with Gasteiger partial charge in [-0.3, -0.25) is 4.79 Å². The van der Waals surface area contributed by atoms with E-state index in [1.165, 1.54) is 0 Å². The van der Waals surface area contributed by atoms with Gasteiger partial charge in [0.25, 0.3) is 0 Å². The highest BCUT2D eigenvalue weighted by Crippen LogP contribution is 2.66. The fourth-order valence-electron chi connectivity index (χ4n) is 4.61. The maximum absolute atomic E-state index is 12.2. The molecule has 2 N–H and O–H groups in total. The molecule has 4 fully saturated rings. The highest BCUT2D eigenvalue weighted by Gasteiger charge is 2.75. The van der Waals surface area contributed by atoms with Gasteiger partial charge in [0.2, 0.25) is 5.91 Å². The van der Waals surface area contributed by atoms with Gasteiger partial charge in [0, 0.05) is 25.2 Å². The van der Waals surface area contributed by atoms with E-state index in [1.54, 1.807) is 0 Å². The monoisotopic (exact) mass is 351 g/mol. The van der Waals surface area contributed by atoms with Crippen LogP contribution in [-0.4, -0.2) is 54.2 Å². The lowest BCUT2D eigenvalue weighted by molar-refractivity contribution is -0.129. The standard InChI is InChI=1S/C15H23N3O3.C4H10/c1-15(2,3)21-14(20)16-4-9(19)18-5-7-8(6-18)11-10(7)12-13(11)17-12;1-4(2)3/h7-8,10-13,17H,4-6H2,1-3H3,(H,16,20);4H,1-3H3. The summed E-state index contributed by atoms with van der Waals surface area (Å²) in [7, 11) is 0. The number of alkyl carbamates (subject to hydrolysis) is 1. The minimum Gasteiger partial charge on any atom is -0.444 e. The second-order valence-electron chi connectivity index (χ2n) is 9.59. The third-order valence-electron chi connectivity index (χ3n) is 5.47. The first kappa shape index (κ1) is 18.5. The summed E-state index contributed by atoms with van der Waals surface area (Å²) in [5.74, 6) is 3.86. The third kappa shape index (κ3) is 3.78. The van der Waals surface area contributed by atoms with E-state index < -0.39 is 11.7 Å². The zero-order chi connectivity index (χ0) is 18.5. The van der Waals surface area contributed by atoms with Gasteiger partial charge in [-0.15, -0.1) is 0 Å². The molecule has 142 valence electrons. The van der Waals surface area contributed by atoms with Gasteiger partial charge in [-0.1, -0.05) is 20.8 Å². The second-order valence-corrected chi connectivity index (χ2v) is 9.59. The number of nitrogens with zero attached hydrogens (tertiary/aromatic N) is 1. The number of likely N-dealkylation sites (tertiary alicyclic amines) is 1. The average Bonchev–Trinajstić information content (AvgIpc) is 2.95. The maximum Gasteiger partial charge on any atom is 0.408 e. The summed E-state index contributed by atoms with van der Waals surface area (Å²) in [6.45, 7) is 13.7. The SMILES string of the molecule is CC(C)(C)OC(=O)NCC(=O)N1CC2C(C1)C1C3NC3C21.CC(C)C. The van der Waals surface area contributed by atoms with E-state index in [1.807, 2.05) is 25.7 Å². The van der Waals surface area contributed by atoms with Crippen LogP contribution in [-0.2, 0) is 9.53 Å². The number of hydrogen-bond donors (Lipinski definition) is 2. The van der Waals surface area contributed by atoms with Crippen molar-refractivity contribution in [3.63, 3.8) is 0 Å². The number of hydrogen-bond acceptors (Lipinski definition) is 4. The second kappa shape index (κ2) is 6.45. The molecule has 2 aliphatic carbocycles. The third-order valence-corrected chi connectivity index (χ3v) is 5.47. The molecular weight excluding hydrogens is 318 g/mol. The summed E-state index contributed by atoms with van der Waals surface area (Å²) in [5.41, 5.74) is -0.535. The van der Waals surface area contributed by atoms with Crippen molar-refractivity contribution in [2.24, 2.45) is 29.6 Å². The highest BCUT2D eigenvalue weighted by molar-refractivity contribution is 5.82. The Kier molecular flexibility index (Phi) is 4.77. The molecule has 2 saturated carbocycles. The Morgan fingerprint density at radius 3 is 2.04 bits per heavy atom. The predicted molar refractivity (Wildman–Crippen MR) is 96.0 cm³/mol. The molecule has 0 aromatic carbocycles. The minimum atomic E-state index is -0.535. The normalized spacial score (nSPS) is 36.7. The Morgan fingerprint density at radius 1 is 1.12 bits per heavy atom. The molecule has 2 saturated heterocycles. The van der Waals surface area contributed by atoms with Crippen LogP contribution in [0.5, 0.6) is 0 Å². The number of nitrogens with one attached hydrogen (secondary N) is 2. The number of fused-ring (bicyclic) bond motifs is 7. The van der Waals surface area contributed by atoms with Crippen LogP contribution in [0.3, 0.4) is 0 Å². The van der Waals surface area contributed by atoms with Crippen LogP contribution in [0.15, 0.2) is 0 Å². The predicted octanol–water partition coefficient (Wildman–Crippen LogP) is 1.85. The Labute approximate surface area is 151 Å². The zero-order valence-corrected chi connectivity index (χ0v) is 16.3. The quantitative estimate of drug-likeness (QED) is 0.744. The number of carbonyl (C=O) groups excluding carboxylic acids is 2. The topological polar surface area (TPSA) is 80.6 Å². The number of ether oxygens (including phenoxy) is 1. The molecule has 6 unspecified atom stereocenters. The minimum absolute atomic E-state index is 0.0105. The lowest BCUT2D eigenvalue weighted by Gasteiger charge is -2.54. The van der Waals surface area contributed by atoms with E-state index in [2.05, 4.69) is 31.4 Å². The molecule has 2 heterocycles. The molecule has 6 nitrogen and oxygen atoms in total. The van der Waals surface area contributed by atoms with Gasteiger partial charge in [0.05, 0.1) is 0 Å². The summed E-state index contributed by atoms with van der Waals surface area (Å²) in [4.78, 5) is 25.7. The van der Waals surface area contributed by atoms with E-state index in [-0.39, 0.29) is 12.5 Å². The van der Waals surface area contributed by atoms with Crippen molar-refractivity contribution in [1.82, 2.24) is 15.5 Å². The fraction of sp³-hybridized carbons (Fsp3) is 0.895. The number of rotatable bonds is 2. The molecule has 2 aliphatic heterocycles. The summed E-state index contributed by atoms with van der Waals surface area (Å²) in [6.07, 6.45) is -0.525. The van der Waals surface area contributed by atoms with E-state index in [4.69, 9.17) is 4.74 Å². The molecule has 0 radical (unpaired) electrons. The molecule has 4 rings (SSSR count). The lowest BCUT2D eigenvalue weighted by atomic mass is 9.48. The fourth-order valence-corrected chi connectivity index (χ4v) is 4.61. The van der Waals surface area contributed by atoms with Crippen molar-refractivity contribution in [3.05, 3.63) is 0 Å². The van der Waals surface area contributed by atoms with E-state index in [0.29, 0.717) is 11.8 Å². The van der Waals surface area contributed by atoms with Gasteiger partial charge < -0.3 is 20.3 Å². The molecule has 4 aliphatic rings. The Hall–Kier alpha value is -1.30. The van der Waals surface area contributed by atoms with E-state index >= 15 is 0 Å². The molecule has 2 amide bonds. The summed E-state index contributed by atoms with van der Waals surface area (Å²) in [6, 6.07) is 1.51. The molecular formula is C19H33N3O3. The largest absolute Gasteiger partial charge is 0.444 e. The van der Waals surface area contributed by atoms with Crippen LogP contribution in [0.25, 0.3) is 0 Å². The summed E-state index contributed by atoms with van der Waals surface area (Å²) >= 11 is 0. The molecule has 0 spiro atoms. The van der Waals surface area contributed by atoms with Crippen LogP contribution < -0.4 is 10.6 Å². The Balaban J connectivity index is 0.000000415. The van der Waals surface area contributed by atoms with Crippen LogP contribution in [0.4, 0.5) is 4.79 Å².